The summed E-state index contributed by atoms with van der Waals surface area (Å²) in [6.07, 6.45) is -5.90. The predicted octanol–water partition coefficient (Wildman–Crippen LogP) is 5.40. The van der Waals surface area contributed by atoms with Crippen LogP contribution in [0.5, 0.6) is 5.75 Å². The number of hydrogen-bond donors (Lipinski definition) is 2. The van der Waals surface area contributed by atoms with Crippen molar-refractivity contribution in [2.75, 3.05) is 11.9 Å². The van der Waals surface area contributed by atoms with E-state index in [2.05, 4.69) is 46.3 Å². The van der Waals surface area contributed by atoms with Crippen molar-refractivity contribution in [3.63, 3.8) is 0 Å². The van der Waals surface area contributed by atoms with Crippen LogP contribution >= 0.6 is 27.3 Å². The van der Waals surface area contributed by atoms with Crippen LogP contribution in [0.1, 0.15) is 43.7 Å². The zero-order valence-corrected chi connectivity index (χ0v) is 20.3. The fraction of sp³-hybridized carbons (Fsp3) is 0.250. The highest BCUT2D eigenvalue weighted by molar-refractivity contribution is 9.10. The Bertz CT molecular complexity index is 1270. The molecule has 0 radical (unpaired) electrons. The summed E-state index contributed by atoms with van der Waals surface area (Å²) in [5.41, 5.74) is -1.75. The maximum absolute atomic E-state index is 13.1. The molecule has 0 saturated heterocycles. The molecule has 2 heterocycles. The molecule has 1 unspecified atom stereocenters. The maximum atomic E-state index is 13.1. The van der Waals surface area contributed by atoms with Crippen LogP contribution in [0.15, 0.2) is 41.4 Å². The van der Waals surface area contributed by atoms with E-state index in [4.69, 9.17) is 0 Å². The van der Waals surface area contributed by atoms with Crippen molar-refractivity contribution < 1.29 is 40.7 Å². The normalized spacial score (nSPS) is 12.7. The SMILES string of the molecule is CC(NC(=O)c1ncncc1Br)c1ncc(C(=O)Nc2cc(C(F)(F)F)ccc2OCC(F)(F)F)s1. The Morgan fingerprint density at radius 3 is 2.47 bits per heavy atom. The van der Waals surface area contributed by atoms with E-state index in [9.17, 15) is 35.9 Å². The molecule has 36 heavy (non-hydrogen) atoms. The molecule has 16 heteroatoms. The first-order valence-electron chi connectivity index (χ1n) is 9.69. The zero-order chi connectivity index (χ0) is 26.7. The number of ether oxygens (including phenoxy) is 1. The molecule has 0 bridgehead atoms. The number of carbonyl (C=O) groups is 2. The van der Waals surface area contributed by atoms with Gasteiger partial charge in [0.05, 0.1) is 28.0 Å². The highest BCUT2D eigenvalue weighted by Gasteiger charge is 2.33. The van der Waals surface area contributed by atoms with Crippen molar-refractivity contribution in [2.24, 2.45) is 0 Å². The molecular formula is C20H14BrF6N5O3S. The van der Waals surface area contributed by atoms with Crippen LogP contribution in [-0.2, 0) is 6.18 Å². The third-order valence-electron chi connectivity index (χ3n) is 4.29. The van der Waals surface area contributed by atoms with Gasteiger partial charge in [0.2, 0.25) is 0 Å². The average Bonchev–Trinajstić information content (AvgIpc) is 3.28. The number of aromatic nitrogens is 3. The minimum Gasteiger partial charge on any atom is -0.482 e. The van der Waals surface area contributed by atoms with Crippen molar-refractivity contribution in [1.29, 1.82) is 0 Å². The topological polar surface area (TPSA) is 106 Å². The number of nitrogens with one attached hydrogen (secondary N) is 2. The molecule has 0 aliphatic rings. The Kier molecular flexibility index (Phi) is 8.18. The smallest absolute Gasteiger partial charge is 0.422 e. The van der Waals surface area contributed by atoms with Gasteiger partial charge in [-0.15, -0.1) is 11.3 Å². The van der Waals surface area contributed by atoms with Crippen LogP contribution in [0.3, 0.4) is 0 Å². The molecule has 2 aromatic heterocycles. The molecular weight excluding hydrogens is 584 g/mol. The number of benzene rings is 1. The minimum atomic E-state index is -4.81. The molecule has 1 atom stereocenters. The lowest BCUT2D eigenvalue weighted by Gasteiger charge is -2.16. The second-order valence-corrected chi connectivity index (χ2v) is 8.96. The highest BCUT2D eigenvalue weighted by Crippen LogP contribution is 2.36. The number of rotatable bonds is 7. The lowest BCUT2D eigenvalue weighted by Crippen LogP contribution is -2.27. The van der Waals surface area contributed by atoms with E-state index < -0.39 is 53.8 Å². The molecule has 192 valence electrons. The maximum Gasteiger partial charge on any atom is 0.422 e. The number of halogens is 7. The summed E-state index contributed by atoms with van der Waals surface area (Å²) in [6.45, 7) is -0.199. The molecule has 8 nitrogen and oxygen atoms in total. The number of hydrogen-bond acceptors (Lipinski definition) is 7. The van der Waals surface area contributed by atoms with E-state index in [0.717, 1.165) is 17.5 Å². The van der Waals surface area contributed by atoms with Gasteiger partial charge in [0.15, 0.2) is 6.61 Å². The van der Waals surface area contributed by atoms with Gasteiger partial charge in [0, 0.05) is 6.20 Å². The number of anilines is 1. The van der Waals surface area contributed by atoms with Crippen LogP contribution in [-0.4, -0.2) is 39.5 Å². The van der Waals surface area contributed by atoms with Crippen LogP contribution < -0.4 is 15.4 Å². The first-order chi connectivity index (χ1) is 16.7. The predicted molar refractivity (Wildman–Crippen MR) is 119 cm³/mol. The average molecular weight is 598 g/mol. The zero-order valence-electron chi connectivity index (χ0n) is 17.9. The van der Waals surface area contributed by atoms with Crippen molar-refractivity contribution in [1.82, 2.24) is 20.3 Å². The van der Waals surface area contributed by atoms with Gasteiger partial charge in [0.25, 0.3) is 11.8 Å². The number of alkyl halides is 6. The third-order valence-corrected chi connectivity index (χ3v) is 6.05. The number of carbonyl (C=O) groups excluding carboxylic acids is 2. The Labute approximate surface area is 211 Å². The molecule has 0 saturated carbocycles. The summed E-state index contributed by atoms with van der Waals surface area (Å²) >= 11 is 3.97. The van der Waals surface area contributed by atoms with Gasteiger partial charge in [-0.1, -0.05) is 0 Å². The van der Waals surface area contributed by atoms with Crippen LogP contribution in [0, 0.1) is 0 Å². The van der Waals surface area contributed by atoms with Crippen molar-refractivity contribution in [3.05, 3.63) is 62.5 Å². The van der Waals surface area contributed by atoms with Crippen molar-refractivity contribution >= 4 is 44.8 Å². The molecule has 0 spiro atoms. The van der Waals surface area contributed by atoms with E-state index >= 15 is 0 Å². The molecule has 3 aromatic rings. The summed E-state index contributed by atoms with van der Waals surface area (Å²) in [5, 5.41) is 5.03. The van der Waals surface area contributed by atoms with E-state index in [-0.39, 0.29) is 15.6 Å². The van der Waals surface area contributed by atoms with Crippen LogP contribution in [0.4, 0.5) is 32.0 Å². The quantitative estimate of drug-likeness (QED) is 0.353. The monoisotopic (exact) mass is 597 g/mol. The summed E-state index contributed by atoms with van der Waals surface area (Å²) in [5.74, 6) is -2.10. The lowest BCUT2D eigenvalue weighted by atomic mass is 10.1. The molecule has 0 fully saturated rings. The summed E-state index contributed by atoms with van der Waals surface area (Å²) in [7, 11) is 0. The number of amides is 2. The van der Waals surface area contributed by atoms with E-state index in [1.807, 2.05) is 0 Å². The van der Waals surface area contributed by atoms with Gasteiger partial charge in [-0.2, -0.15) is 26.3 Å². The first-order valence-corrected chi connectivity index (χ1v) is 11.3. The van der Waals surface area contributed by atoms with Crippen LogP contribution in [0.2, 0.25) is 0 Å². The van der Waals surface area contributed by atoms with Crippen molar-refractivity contribution in [2.45, 2.75) is 25.3 Å². The van der Waals surface area contributed by atoms with Crippen molar-refractivity contribution in [3.8, 4) is 5.75 Å². The first kappa shape index (κ1) is 27.3. The second kappa shape index (κ2) is 10.8. The molecule has 3 rings (SSSR count). The van der Waals surface area contributed by atoms with Gasteiger partial charge in [-0.05, 0) is 41.1 Å². The Morgan fingerprint density at radius 2 is 1.83 bits per heavy atom. The summed E-state index contributed by atoms with van der Waals surface area (Å²) < 4.78 is 81.8. The van der Waals surface area contributed by atoms with E-state index in [1.165, 1.54) is 12.5 Å². The second-order valence-electron chi connectivity index (χ2n) is 7.04. The van der Waals surface area contributed by atoms with E-state index in [0.29, 0.717) is 22.7 Å². The Morgan fingerprint density at radius 1 is 1.11 bits per heavy atom. The van der Waals surface area contributed by atoms with Gasteiger partial charge in [0.1, 0.15) is 27.7 Å². The van der Waals surface area contributed by atoms with Gasteiger partial charge >= 0.3 is 12.4 Å². The standard InChI is InChI=1S/C20H14BrF6N5O3S/c1-9(31-17(34)15-11(21)5-28-8-30-15)18-29-6-14(36-18)16(33)32-12-4-10(20(25,26)27)2-3-13(12)35-7-19(22,23)24/h2-6,8-9H,7H2,1H3,(H,31,34)(H,32,33). The summed E-state index contributed by atoms with van der Waals surface area (Å²) in [4.78, 5) is 36.6. The number of nitrogens with zero attached hydrogens (tertiary/aromatic N) is 3. The molecule has 0 aliphatic carbocycles. The Balaban J connectivity index is 1.77. The lowest BCUT2D eigenvalue weighted by molar-refractivity contribution is -0.153. The minimum absolute atomic E-state index is 0.0577. The highest BCUT2D eigenvalue weighted by atomic mass is 79.9. The fourth-order valence-electron chi connectivity index (χ4n) is 2.67. The largest absolute Gasteiger partial charge is 0.482 e. The van der Waals surface area contributed by atoms with Gasteiger partial charge < -0.3 is 15.4 Å². The molecule has 2 N–H and O–H groups in total. The van der Waals surface area contributed by atoms with Crippen LogP contribution in [0.25, 0.3) is 0 Å². The van der Waals surface area contributed by atoms with E-state index in [1.54, 1.807) is 6.92 Å². The molecule has 1 aromatic carbocycles. The third kappa shape index (κ3) is 7.13. The van der Waals surface area contributed by atoms with Gasteiger partial charge in [-0.25, -0.2) is 15.0 Å². The number of thiazole rings is 1. The molecule has 2 amide bonds. The molecule has 0 aliphatic heterocycles. The summed E-state index contributed by atoms with van der Waals surface area (Å²) in [6, 6.07) is 0.997. The van der Waals surface area contributed by atoms with Gasteiger partial charge in [-0.3, -0.25) is 9.59 Å². The fourth-order valence-corrected chi connectivity index (χ4v) is 3.89. The Hall–Kier alpha value is -3.27.